The number of carbonyl (C=O) groups excluding carboxylic acids is 2. The Morgan fingerprint density at radius 1 is 1.12 bits per heavy atom. The Morgan fingerprint density at radius 3 is 2.64 bits per heavy atom. The molecule has 0 saturated heterocycles. The quantitative estimate of drug-likeness (QED) is 0.564. The summed E-state index contributed by atoms with van der Waals surface area (Å²) < 4.78 is 1.78. The summed E-state index contributed by atoms with van der Waals surface area (Å²) in [6.45, 7) is 0. The predicted octanol–water partition coefficient (Wildman–Crippen LogP) is 3.97. The molecule has 5 rings (SSSR count). The molecule has 2 aromatic carbocycles. The van der Waals surface area contributed by atoms with Gasteiger partial charge < -0.3 is 16.2 Å². The third-order valence-electron chi connectivity index (χ3n) is 6.88. The van der Waals surface area contributed by atoms with Crippen molar-refractivity contribution in [1.82, 2.24) is 4.57 Å². The Labute approximate surface area is 191 Å². The van der Waals surface area contributed by atoms with Crippen LogP contribution in [0.4, 0.5) is 5.69 Å². The minimum absolute atomic E-state index is 0.0603. The lowest BCUT2D eigenvalue weighted by molar-refractivity contribution is 0.0889. The van der Waals surface area contributed by atoms with Crippen LogP contribution in [-0.4, -0.2) is 33.6 Å². The number of fused-ring (bicyclic) bond motifs is 3. The average Bonchev–Trinajstić information content (AvgIpc) is 3.15. The van der Waals surface area contributed by atoms with Crippen molar-refractivity contribution in [2.45, 2.75) is 57.1 Å². The highest BCUT2D eigenvalue weighted by Gasteiger charge is 2.27. The number of amides is 1. The van der Waals surface area contributed by atoms with Gasteiger partial charge in [0.1, 0.15) is 0 Å². The van der Waals surface area contributed by atoms with Gasteiger partial charge in [0.25, 0.3) is 5.91 Å². The molecule has 1 aromatic heterocycles. The van der Waals surface area contributed by atoms with E-state index in [1.54, 1.807) is 16.7 Å². The Morgan fingerprint density at radius 2 is 1.91 bits per heavy atom. The third kappa shape index (κ3) is 3.77. The van der Waals surface area contributed by atoms with Gasteiger partial charge in [0.15, 0.2) is 0 Å². The van der Waals surface area contributed by atoms with Gasteiger partial charge in [-0.25, -0.2) is 0 Å². The maximum atomic E-state index is 12.8. The number of aliphatic hydroxyl groups is 1. The molecule has 168 valence electrons. The van der Waals surface area contributed by atoms with Crippen LogP contribution in [0.25, 0.3) is 22.0 Å². The van der Waals surface area contributed by atoms with Gasteiger partial charge in [-0.15, -0.1) is 0 Å². The van der Waals surface area contributed by atoms with Gasteiger partial charge in [-0.1, -0.05) is 6.07 Å². The van der Waals surface area contributed by atoms with Crippen LogP contribution in [-0.2, 0) is 6.42 Å². The maximum Gasteiger partial charge on any atom is 0.250 e. The van der Waals surface area contributed by atoms with E-state index < -0.39 is 5.91 Å². The minimum atomic E-state index is -0.509. The summed E-state index contributed by atoms with van der Waals surface area (Å²) in [5, 5.41) is 23.6. The number of rotatable bonds is 4. The van der Waals surface area contributed by atoms with Crippen molar-refractivity contribution in [3.05, 3.63) is 53.2 Å². The molecule has 33 heavy (non-hydrogen) atoms. The molecule has 0 unspecified atom stereocenters. The molecule has 0 spiro atoms. The van der Waals surface area contributed by atoms with E-state index in [-0.39, 0.29) is 18.1 Å². The number of primary amides is 1. The van der Waals surface area contributed by atoms with E-state index in [2.05, 4.69) is 11.4 Å². The number of carbonyl (C=O) groups is 2. The molecule has 7 nitrogen and oxygen atoms in total. The fourth-order valence-corrected chi connectivity index (χ4v) is 5.25. The van der Waals surface area contributed by atoms with E-state index in [1.807, 2.05) is 24.3 Å². The second-order valence-electron chi connectivity index (χ2n) is 9.02. The second-order valence-corrected chi connectivity index (χ2v) is 9.02. The number of nitrogens with zero attached hydrogens (tertiary/aromatic N) is 2. The zero-order chi connectivity index (χ0) is 23.1. The van der Waals surface area contributed by atoms with E-state index in [0.717, 1.165) is 66.2 Å². The van der Waals surface area contributed by atoms with Crippen LogP contribution >= 0.6 is 0 Å². The van der Waals surface area contributed by atoms with Gasteiger partial charge in [0.2, 0.25) is 5.91 Å². The fraction of sp³-hybridized carbons (Fsp3) is 0.346. The zero-order valence-electron chi connectivity index (χ0n) is 18.3. The summed E-state index contributed by atoms with van der Waals surface area (Å²) in [7, 11) is 0. The standard InChI is InChI=1S/C26H26N4O3/c27-14-15-4-11-22-20(12-15)25(23-2-1-3-24(32)30(22)23)16-5-10-19(26(28)33)21(13-16)29-17-6-8-18(31)9-7-17/h4-5,10-13,17-18,29,31H,1-3,6-9H2,(H2,28,33). The van der Waals surface area contributed by atoms with Crippen molar-refractivity contribution in [3.8, 4) is 17.2 Å². The number of nitrogens with two attached hydrogens (primary N) is 1. The predicted molar refractivity (Wildman–Crippen MR) is 126 cm³/mol. The smallest absolute Gasteiger partial charge is 0.250 e. The zero-order valence-corrected chi connectivity index (χ0v) is 18.3. The first-order valence-electron chi connectivity index (χ1n) is 11.5. The molecule has 0 atom stereocenters. The summed E-state index contributed by atoms with van der Waals surface area (Å²) >= 11 is 0. The number of aromatic nitrogens is 1. The third-order valence-corrected chi connectivity index (χ3v) is 6.88. The summed E-state index contributed by atoms with van der Waals surface area (Å²) in [5.74, 6) is -0.448. The van der Waals surface area contributed by atoms with Crippen molar-refractivity contribution in [2.24, 2.45) is 5.73 Å². The minimum Gasteiger partial charge on any atom is -0.393 e. The van der Waals surface area contributed by atoms with Crippen LogP contribution in [0, 0.1) is 11.3 Å². The molecule has 0 radical (unpaired) electrons. The number of hydrogen-bond acceptors (Lipinski definition) is 5. The van der Waals surface area contributed by atoms with Crippen LogP contribution < -0.4 is 11.1 Å². The van der Waals surface area contributed by atoms with Crippen molar-refractivity contribution in [2.75, 3.05) is 5.32 Å². The van der Waals surface area contributed by atoms with Gasteiger partial charge in [0, 0.05) is 34.8 Å². The van der Waals surface area contributed by atoms with E-state index in [0.29, 0.717) is 23.2 Å². The van der Waals surface area contributed by atoms with Crippen LogP contribution in [0.2, 0.25) is 0 Å². The highest BCUT2D eigenvalue weighted by Crippen LogP contribution is 2.40. The number of nitrogens with one attached hydrogen (secondary N) is 1. The van der Waals surface area contributed by atoms with Crippen LogP contribution in [0.1, 0.15) is 64.9 Å². The van der Waals surface area contributed by atoms with Gasteiger partial charge in [-0.05, 0) is 74.4 Å². The molecule has 1 amide bonds. The van der Waals surface area contributed by atoms with Crippen molar-refractivity contribution < 1.29 is 14.7 Å². The number of hydrogen-bond donors (Lipinski definition) is 3. The van der Waals surface area contributed by atoms with E-state index in [9.17, 15) is 20.0 Å². The molecule has 1 aliphatic heterocycles. The van der Waals surface area contributed by atoms with E-state index in [1.165, 1.54) is 0 Å². The lowest BCUT2D eigenvalue weighted by Gasteiger charge is -2.28. The number of anilines is 1. The molecule has 1 saturated carbocycles. The Kier molecular flexibility index (Phi) is 5.39. The molecule has 1 aliphatic carbocycles. The first-order chi connectivity index (χ1) is 16.0. The summed E-state index contributed by atoms with van der Waals surface area (Å²) in [6.07, 6.45) is 4.84. The summed E-state index contributed by atoms with van der Waals surface area (Å²) in [4.78, 5) is 24.9. The first-order valence-corrected chi connectivity index (χ1v) is 11.5. The van der Waals surface area contributed by atoms with Gasteiger partial charge in [0.05, 0.1) is 28.8 Å². The van der Waals surface area contributed by atoms with Crippen LogP contribution in [0.3, 0.4) is 0 Å². The van der Waals surface area contributed by atoms with Gasteiger partial charge in [-0.3, -0.25) is 14.2 Å². The van der Waals surface area contributed by atoms with Crippen molar-refractivity contribution in [1.29, 1.82) is 5.26 Å². The van der Waals surface area contributed by atoms with Gasteiger partial charge in [-0.2, -0.15) is 5.26 Å². The lowest BCUT2D eigenvalue weighted by atomic mass is 9.92. The number of aliphatic hydroxyl groups excluding tert-OH is 1. The monoisotopic (exact) mass is 442 g/mol. The normalized spacial score (nSPS) is 20.3. The molecule has 1 fully saturated rings. The topological polar surface area (TPSA) is 121 Å². The molecule has 2 heterocycles. The summed E-state index contributed by atoms with van der Waals surface area (Å²) in [5.41, 5.74) is 10.8. The molecule has 0 bridgehead atoms. The van der Waals surface area contributed by atoms with Crippen LogP contribution in [0.5, 0.6) is 0 Å². The highest BCUT2D eigenvalue weighted by molar-refractivity contribution is 6.06. The molecule has 2 aliphatic rings. The van der Waals surface area contributed by atoms with Crippen molar-refractivity contribution in [3.63, 3.8) is 0 Å². The molecule has 7 heteroatoms. The Bertz CT molecular complexity index is 1310. The van der Waals surface area contributed by atoms with Crippen LogP contribution in [0.15, 0.2) is 36.4 Å². The van der Waals surface area contributed by atoms with Gasteiger partial charge >= 0.3 is 0 Å². The SMILES string of the molecule is N#Cc1ccc2c(c1)c(-c1ccc(C(N)=O)c(NC3CCC(O)CC3)c1)c1n2C(=O)CCC1. The Balaban J connectivity index is 1.66. The highest BCUT2D eigenvalue weighted by atomic mass is 16.3. The average molecular weight is 443 g/mol. The number of benzene rings is 2. The molecule has 3 aromatic rings. The lowest BCUT2D eigenvalue weighted by Crippen LogP contribution is -2.29. The number of nitriles is 1. The molecular formula is C26H26N4O3. The van der Waals surface area contributed by atoms with E-state index >= 15 is 0 Å². The Hall–Kier alpha value is -3.63. The largest absolute Gasteiger partial charge is 0.393 e. The first kappa shape index (κ1) is 21.2. The maximum absolute atomic E-state index is 12.8. The fourth-order valence-electron chi connectivity index (χ4n) is 5.25. The molecule has 4 N–H and O–H groups in total. The van der Waals surface area contributed by atoms with E-state index in [4.69, 9.17) is 5.73 Å². The second kappa shape index (κ2) is 8.38. The van der Waals surface area contributed by atoms with Crippen molar-refractivity contribution >= 4 is 28.4 Å². The molecular weight excluding hydrogens is 416 g/mol. The summed E-state index contributed by atoms with van der Waals surface area (Å²) in [6, 6.07) is 13.3.